The van der Waals surface area contributed by atoms with Gasteiger partial charge in [-0.25, -0.2) is 0 Å². The highest BCUT2D eigenvalue weighted by Crippen LogP contribution is 2.53. The number of nitrogens with zero attached hydrogens (tertiary/aromatic N) is 1. The van der Waals surface area contributed by atoms with Gasteiger partial charge >= 0.3 is 0 Å². The number of aryl methyl sites for hydroxylation is 1. The van der Waals surface area contributed by atoms with E-state index >= 15 is 0 Å². The second kappa shape index (κ2) is 7.48. The van der Waals surface area contributed by atoms with Crippen LogP contribution in [0.5, 0.6) is 0 Å². The van der Waals surface area contributed by atoms with Gasteiger partial charge in [-0.2, -0.15) is 0 Å². The van der Waals surface area contributed by atoms with E-state index in [2.05, 4.69) is 10.6 Å². The number of fused-ring (bicyclic) bond motifs is 4. The Morgan fingerprint density at radius 3 is 2.73 bits per heavy atom. The highest BCUT2D eigenvalue weighted by Gasteiger charge is 2.70. The molecule has 160 valence electrons. The van der Waals surface area contributed by atoms with Crippen molar-refractivity contribution in [1.82, 2.24) is 10.2 Å². The SMILES string of the molecule is COCCCN1C(=O)[C@@H]2[C@H](CCC(N)=O)N[C@]3(C(=O)Nc4ccc(C)cc43)[C@H]2C1=O. The molecular weight excluding hydrogens is 388 g/mol. The maximum Gasteiger partial charge on any atom is 0.250 e. The number of benzene rings is 1. The van der Waals surface area contributed by atoms with E-state index in [1.807, 2.05) is 25.1 Å². The molecule has 0 unspecified atom stereocenters. The van der Waals surface area contributed by atoms with Crippen LogP contribution in [-0.2, 0) is 29.5 Å². The van der Waals surface area contributed by atoms with Crippen LogP contribution < -0.4 is 16.4 Å². The number of nitrogens with two attached hydrogens (primary N) is 1. The quantitative estimate of drug-likeness (QED) is 0.426. The van der Waals surface area contributed by atoms with Crippen molar-refractivity contribution in [3.63, 3.8) is 0 Å². The summed E-state index contributed by atoms with van der Waals surface area (Å²) in [7, 11) is 1.56. The van der Waals surface area contributed by atoms with Crippen LogP contribution >= 0.6 is 0 Å². The molecule has 4 N–H and O–H groups in total. The maximum atomic E-state index is 13.4. The van der Waals surface area contributed by atoms with Gasteiger partial charge in [0.05, 0.1) is 11.8 Å². The van der Waals surface area contributed by atoms with Gasteiger partial charge in [-0.1, -0.05) is 17.7 Å². The minimum absolute atomic E-state index is 0.0599. The summed E-state index contributed by atoms with van der Waals surface area (Å²) in [6.07, 6.45) is 0.851. The monoisotopic (exact) mass is 414 g/mol. The summed E-state index contributed by atoms with van der Waals surface area (Å²) in [5, 5.41) is 6.16. The third-order valence-corrected chi connectivity index (χ3v) is 6.39. The second-order valence-electron chi connectivity index (χ2n) is 8.24. The van der Waals surface area contributed by atoms with Crippen LogP contribution in [0.2, 0.25) is 0 Å². The normalized spacial score (nSPS) is 29.5. The summed E-state index contributed by atoms with van der Waals surface area (Å²) in [4.78, 5) is 52.6. The predicted molar refractivity (Wildman–Crippen MR) is 107 cm³/mol. The first kappa shape index (κ1) is 20.5. The molecule has 0 aliphatic carbocycles. The Bertz CT molecular complexity index is 932. The number of anilines is 1. The van der Waals surface area contributed by atoms with Crippen LogP contribution in [0.4, 0.5) is 5.69 Å². The molecule has 0 aromatic heterocycles. The van der Waals surface area contributed by atoms with Crippen LogP contribution in [0.3, 0.4) is 0 Å². The number of primary amides is 1. The second-order valence-corrected chi connectivity index (χ2v) is 8.24. The highest BCUT2D eigenvalue weighted by molar-refractivity contribution is 6.15. The largest absolute Gasteiger partial charge is 0.385 e. The van der Waals surface area contributed by atoms with Gasteiger partial charge in [0.15, 0.2) is 0 Å². The number of carbonyl (C=O) groups excluding carboxylic acids is 4. The number of amides is 4. The summed E-state index contributed by atoms with van der Waals surface area (Å²) >= 11 is 0. The summed E-state index contributed by atoms with van der Waals surface area (Å²) in [5.74, 6) is -3.10. The molecule has 30 heavy (non-hydrogen) atoms. The number of ether oxygens (including phenoxy) is 1. The molecule has 0 radical (unpaired) electrons. The zero-order valence-corrected chi connectivity index (χ0v) is 17.1. The van der Waals surface area contributed by atoms with Gasteiger partial charge < -0.3 is 15.8 Å². The summed E-state index contributed by atoms with van der Waals surface area (Å²) < 4.78 is 5.05. The van der Waals surface area contributed by atoms with Crippen molar-refractivity contribution in [2.75, 3.05) is 25.6 Å². The lowest BCUT2D eigenvalue weighted by Gasteiger charge is -2.29. The average molecular weight is 414 g/mol. The van der Waals surface area contributed by atoms with Crippen molar-refractivity contribution < 1.29 is 23.9 Å². The molecule has 2 saturated heterocycles. The van der Waals surface area contributed by atoms with E-state index in [1.165, 1.54) is 4.90 Å². The molecule has 4 atom stereocenters. The van der Waals surface area contributed by atoms with E-state index in [9.17, 15) is 19.2 Å². The summed E-state index contributed by atoms with van der Waals surface area (Å²) in [6.45, 7) is 2.56. The fraction of sp³-hybridized carbons (Fsp3) is 0.524. The number of nitrogens with one attached hydrogen (secondary N) is 2. The number of methoxy groups -OCH3 is 1. The van der Waals surface area contributed by atoms with Crippen LogP contribution in [-0.4, -0.2) is 54.8 Å². The molecule has 2 fully saturated rings. The molecule has 4 amide bonds. The van der Waals surface area contributed by atoms with Crippen molar-refractivity contribution in [3.8, 4) is 0 Å². The van der Waals surface area contributed by atoms with Crippen molar-refractivity contribution in [3.05, 3.63) is 29.3 Å². The minimum atomic E-state index is -1.34. The van der Waals surface area contributed by atoms with E-state index in [0.29, 0.717) is 24.3 Å². The maximum absolute atomic E-state index is 13.4. The number of likely N-dealkylation sites (tertiary alicyclic amines) is 1. The van der Waals surface area contributed by atoms with Gasteiger partial charge in [0, 0.05) is 44.0 Å². The van der Waals surface area contributed by atoms with Gasteiger partial charge in [0.25, 0.3) is 0 Å². The predicted octanol–water partition coefficient (Wildman–Crippen LogP) is 0.0174. The standard InChI is InChI=1S/C21H26N4O5/c1-11-4-5-13-12(10-11)21(20(29)23-13)17-16(14(24-21)6-7-15(22)26)18(27)25(19(17)28)8-3-9-30-2/h4-5,10,14,16-17,24H,3,6-9H2,1-2H3,(H2,22,26)(H,23,29)/t14-,16+,17+,21-/m0/s1. The third-order valence-electron chi connectivity index (χ3n) is 6.39. The van der Waals surface area contributed by atoms with Gasteiger partial charge in [-0.3, -0.25) is 29.4 Å². The molecule has 0 bridgehead atoms. The van der Waals surface area contributed by atoms with Gasteiger partial charge in [0.1, 0.15) is 5.54 Å². The molecule has 3 aliphatic heterocycles. The van der Waals surface area contributed by atoms with Crippen molar-refractivity contribution in [1.29, 1.82) is 0 Å². The number of hydrogen-bond donors (Lipinski definition) is 3. The van der Waals surface area contributed by atoms with Crippen molar-refractivity contribution in [2.45, 2.75) is 37.8 Å². The number of hydrogen-bond acceptors (Lipinski definition) is 6. The molecular formula is C21H26N4O5. The topological polar surface area (TPSA) is 131 Å². The Labute approximate surface area is 174 Å². The Kier molecular flexibility index (Phi) is 5.11. The zero-order chi connectivity index (χ0) is 21.6. The number of rotatable bonds is 7. The van der Waals surface area contributed by atoms with Gasteiger partial charge in [0.2, 0.25) is 23.6 Å². The van der Waals surface area contributed by atoms with Crippen LogP contribution in [0.1, 0.15) is 30.4 Å². The first-order chi connectivity index (χ1) is 14.3. The van der Waals surface area contributed by atoms with E-state index in [1.54, 1.807) is 7.11 Å². The van der Waals surface area contributed by atoms with Crippen LogP contribution in [0.25, 0.3) is 0 Å². The lowest BCUT2D eigenvalue weighted by atomic mass is 9.76. The van der Waals surface area contributed by atoms with Gasteiger partial charge in [-0.05, 0) is 25.8 Å². The number of imide groups is 1. The summed E-state index contributed by atoms with van der Waals surface area (Å²) in [6, 6.07) is 5.05. The molecule has 9 heteroatoms. The molecule has 3 heterocycles. The van der Waals surface area contributed by atoms with E-state index in [-0.39, 0.29) is 37.1 Å². The fourth-order valence-corrected chi connectivity index (χ4v) is 5.11. The Morgan fingerprint density at radius 1 is 1.27 bits per heavy atom. The van der Waals surface area contributed by atoms with Crippen LogP contribution in [0.15, 0.2) is 18.2 Å². The average Bonchev–Trinajstić information content (AvgIpc) is 3.27. The Balaban J connectivity index is 1.77. The first-order valence-electron chi connectivity index (χ1n) is 10.1. The molecule has 1 aromatic rings. The van der Waals surface area contributed by atoms with Gasteiger partial charge in [-0.15, -0.1) is 0 Å². The molecule has 4 rings (SSSR count). The Hall–Kier alpha value is -2.78. The highest BCUT2D eigenvalue weighted by atomic mass is 16.5. The lowest BCUT2D eigenvalue weighted by molar-refractivity contribution is -0.143. The smallest absolute Gasteiger partial charge is 0.250 e. The van der Waals surface area contributed by atoms with Crippen molar-refractivity contribution >= 4 is 29.3 Å². The summed E-state index contributed by atoms with van der Waals surface area (Å²) in [5.41, 5.74) is 6.23. The fourth-order valence-electron chi connectivity index (χ4n) is 5.11. The molecule has 3 aliphatic rings. The first-order valence-corrected chi connectivity index (χ1v) is 10.1. The lowest BCUT2D eigenvalue weighted by Crippen LogP contribution is -2.53. The van der Waals surface area contributed by atoms with E-state index in [0.717, 1.165) is 5.56 Å². The molecule has 0 saturated carbocycles. The van der Waals surface area contributed by atoms with E-state index < -0.39 is 29.3 Å². The molecule has 1 aromatic carbocycles. The molecule has 9 nitrogen and oxygen atoms in total. The number of carbonyl (C=O) groups is 4. The van der Waals surface area contributed by atoms with E-state index in [4.69, 9.17) is 10.5 Å². The van der Waals surface area contributed by atoms with Crippen molar-refractivity contribution in [2.24, 2.45) is 17.6 Å². The third kappa shape index (κ3) is 2.92. The zero-order valence-electron chi connectivity index (χ0n) is 17.1. The minimum Gasteiger partial charge on any atom is -0.385 e. The molecule has 1 spiro atoms. The van der Waals surface area contributed by atoms with Crippen LogP contribution in [0, 0.1) is 18.8 Å². The Morgan fingerprint density at radius 2 is 2.03 bits per heavy atom.